The Labute approximate surface area is 174 Å². The summed E-state index contributed by atoms with van der Waals surface area (Å²) in [5, 5.41) is 2.83. The lowest BCUT2D eigenvalue weighted by molar-refractivity contribution is -0.328. The summed E-state index contributed by atoms with van der Waals surface area (Å²) in [7, 11) is 0. The second-order valence-electron chi connectivity index (χ2n) is 8.28. The second kappa shape index (κ2) is 7.26. The van der Waals surface area contributed by atoms with Gasteiger partial charge in [-0.1, -0.05) is 11.6 Å². The molecule has 1 N–H and O–H groups in total. The summed E-state index contributed by atoms with van der Waals surface area (Å²) in [4.78, 5) is 26.1. The normalized spacial score (nSPS) is 30.0. The van der Waals surface area contributed by atoms with Crippen LogP contribution in [0.25, 0.3) is 0 Å². The van der Waals surface area contributed by atoms with Crippen LogP contribution in [0.2, 0.25) is 5.02 Å². The van der Waals surface area contributed by atoms with Crippen LogP contribution in [0.15, 0.2) is 18.2 Å². The van der Waals surface area contributed by atoms with Crippen LogP contribution in [-0.2, 0) is 14.3 Å². The summed E-state index contributed by atoms with van der Waals surface area (Å²) in [6.45, 7) is -0.605. The van der Waals surface area contributed by atoms with Gasteiger partial charge in [-0.25, -0.2) is 4.39 Å². The van der Waals surface area contributed by atoms with Crippen LogP contribution >= 0.6 is 11.6 Å². The zero-order valence-electron chi connectivity index (χ0n) is 15.7. The maximum absolute atomic E-state index is 13.4. The third-order valence-electron chi connectivity index (χ3n) is 5.93. The molecular weight excluding hydrogens is 432 g/mol. The molecule has 1 aliphatic heterocycles. The number of nitrogens with zero attached hydrogens (tertiary/aromatic N) is 1. The van der Waals surface area contributed by atoms with Gasteiger partial charge >= 0.3 is 6.36 Å². The fourth-order valence-electron chi connectivity index (χ4n) is 4.76. The number of carbonyl (C=O) groups excluding carboxylic acids is 2. The number of ether oxygens (including phenoxy) is 2. The molecule has 3 saturated carbocycles. The Morgan fingerprint density at radius 2 is 2.00 bits per heavy atom. The van der Waals surface area contributed by atoms with Crippen LogP contribution in [0.1, 0.15) is 25.7 Å². The largest absolute Gasteiger partial charge is 0.522 e. The Kier molecular flexibility index (Phi) is 5.13. The van der Waals surface area contributed by atoms with Crippen molar-refractivity contribution in [2.45, 2.75) is 43.1 Å². The van der Waals surface area contributed by atoms with Crippen molar-refractivity contribution in [3.63, 3.8) is 0 Å². The molecule has 30 heavy (non-hydrogen) atoms. The minimum absolute atomic E-state index is 0.0304. The Morgan fingerprint density at radius 3 is 2.63 bits per heavy atom. The predicted molar refractivity (Wildman–Crippen MR) is 96.2 cm³/mol. The van der Waals surface area contributed by atoms with Crippen molar-refractivity contribution in [1.29, 1.82) is 0 Å². The minimum Gasteiger partial charge on any atom is -0.484 e. The van der Waals surface area contributed by atoms with Crippen molar-refractivity contribution in [3.05, 3.63) is 29.0 Å². The van der Waals surface area contributed by atoms with Crippen molar-refractivity contribution in [2.75, 3.05) is 19.8 Å². The monoisotopic (exact) mass is 450 g/mol. The van der Waals surface area contributed by atoms with Gasteiger partial charge in [0.05, 0.1) is 11.6 Å². The number of likely N-dealkylation sites (tertiary alicyclic amines) is 1. The molecule has 2 bridgehead atoms. The lowest BCUT2D eigenvalue weighted by Gasteiger charge is -2.73. The first-order valence-electron chi connectivity index (χ1n) is 9.39. The molecule has 1 aromatic carbocycles. The number of carbonyl (C=O) groups is 2. The first kappa shape index (κ1) is 21.2. The van der Waals surface area contributed by atoms with E-state index < -0.39 is 35.8 Å². The quantitative estimate of drug-likeness (QED) is 0.648. The molecule has 2 amide bonds. The van der Waals surface area contributed by atoms with Crippen molar-refractivity contribution >= 4 is 23.4 Å². The van der Waals surface area contributed by atoms with Crippen molar-refractivity contribution in [2.24, 2.45) is 5.92 Å². The number of benzene rings is 1. The number of hydrogen-bond donors (Lipinski definition) is 1. The van der Waals surface area contributed by atoms with E-state index in [1.165, 1.54) is 12.1 Å². The molecule has 5 rings (SSSR count). The summed E-state index contributed by atoms with van der Waals surface area (Å²) in [5.41, 5.74) is -0.815. The van der Waals surface area contributed by atoms with Gasteiger partial charge in [0.1, 0.15) is 11.6 Å². The standard InChI is InChI=1S/C19H19ClF4N2O4/c20-13-2-1-12(4-14(13)21)29-7-15(27)25-17-8-18(9-17,10-17)26-5-11(3-16(26)28)6-30-19(22,23)24/h1-2,4,11H,3,5-10H2,(H,25,27). The molecule has 4 fully saturated rings. The van der Waals surface area contributed by atoms with Gasteiger partial charge in [-0.3, -0.25) is 14.3 Å². The summed E-state index contributed by atoms with van der Waals surface area (Å²) in [6.07, 6.45) is -3.01. The fourth-order valence-corrected chi connectivity index (χ4v) is 4.88. The van der Waals surface area contributed by atoms with E-state index in [4.69, 9.17) is 16.3 Å². The van der Waals surface area contributed by atoms with Gasteiger partial charge < -0.3 is 15.0 Å². The van der Waals surface area contributed by atoms with Crippen LogP contribution in [0, 0.1) is 11.7 Å². The lowest BCUT2D eigenvalue weighted by atomic mass is 9.43. The van der Waals surface area contributed by atoms with Crippen LogP contribution < -0.4 is 10.1 Å². The molecule has 1 aromatic rings. The molecule has 0 radical (unpaired) electrons. The predicted octanol–water partition coefficient (Wildman–Crippen LogP) is 3.03. The van der Waals surface area contributed by atoms with Gasteiger partial charge in [0.25, 0.3) is 5.91 Å². The third-order valence-corrected chi connectivity index (χ3v) is 6.23. The average Bonchev–Trinajstić information content (AvgIpc) is 2.96. The highest BCUT2D eigenvalue weighted by Crippen LogP contribution is 2.64. The van der Waals surface area contributed by atoms with E-state index in [2.05, 4.69) is 10.1 Å². The zero-order valence-corrected chi connectivity index (χ0v) is 16.5. The van der Waals surface area contributed by atoms with Crippen molar-refractivity contribution < 1.29 is 36.6 Å². The average molecular weight is 451 g/mol. The number of nitrogens with one attached hydrogen (secondary N) is 1. The Bertz CT molecular complexity index is 859. The van der Waals surface area contributed by atoms with Crippen LogP contribution in [0.5, 0.6) is 5.75 Å². The first-order valence-corrected chi connectivity index (χ1v) is 9.77. The van der Waals surface area contributed by atoms with Gasteiger partial charge in [-0.15, -0.1) is 13.2 Å². The number of halogens is 5. The molecule has 1 unspecified atom stereocenters. The molecule has 6 nitrogen and oxygen atoms in total. The van der Waals surface area contributed by atoms with Gasteiger partial charge in [0, 0.05) is 36.0 Å². The number of hydrogen-bond acceptors (Lipinski definition) is 4. The molecule has 3 aliphatic carbocycles. The Morgan fingerprint density at radius 1 is 1.30 bits per heavy atom. The smallest absolute Gasteiger partial charge is 0.484 e. The summed E-state index contributed by atoms with van der Waals surface area (Å²) in [6, 6.07) is 3.87. The zero-order chi connectivity index (χ0) is 21.7. The molecule has 0 aromatic heterocycles. The van der Waals surface area contributed by atoms with E-state index in [9.17, 15) is 27.2 Å². The fraction of sp³-hybridized carbons (Fsp3) is 0.579. The molecule has 1 atom stereocenters. The van der Waals surface area contributed by atoms with E-state index in [-0.39, 0.29) is 42.2 Å². The number of rotatable bonds is 7. The molecule has 164 valence electrons. The van der Waals surface area contributed by atoms with E-state index in [0.717, 1.165) is 6.07 Å². The number of amides is 2. The van der Waals surface area contributed by atoms with E-state index >= 15 is 0 Å². The van der Waals surface area contributed by atoms with Gasteiger partial charge in [-0.2, -0.15) is 0 Å². The molecule has 1 saturated heterocycles. The molecule has 0 spiro atoms. The SMILES string of the molecule is O=C(COc1ccc(Cl)c(F)c1)NC12CC(N3CC(COC(F)(F)F)CC3=O)(C1)C2. The van der Waals surface area contributed by atoms with Crippen molar-refractivity contribution in [3.8, 4) is 5.75 Å². The van der Waals surface area contributed by atoms with Gasteiger partial charge in [0.15, 0.2) is 6.61 Å². The third kappa shape index (κ3) is 4.07. The minimum atomic E-state index is -4.71. The summed E-state index contributed by atoms with van der Waals surface area (Å²) < 4.78 is 59.1. The molecular formula is C19H19ClF4N2O4. The van der Waals surface area contributed by atoms with E-state index in [0.29, 0.717) is 19.3 Å². The highest BCUT2D eigenvalue weighted by atomic mass is 35.5. The van der Waals surface area contributed by atoms with Gasteiger partial charge in [-0.05, 0) is 31.4 Å². The van der Waals surface area contributed by atoms with Crippen molar-refractivity contribution in [1.82, 2.24) is 10.2 Å². The van der Waals surface area contributed by atoms with Crippen LogP contribution in [0.4, 0.5) is 17.6 Å². The molecule has 4 aliphatic rings. The second-order valence-corrected chi connectivity index (χ2v) is 8.69. The van der Waals surface area contributed by atoms with Gasteiger partial charge in [0.2, 0.25) is 5.91 Å². The van der Waals surface area contributed by atoms with E-state index in [1.54, 1.807) is 4.90 Å². The first-order chi connectivity index (χ1) is 14.0. The van der Waals surface area contributed by atoms with E-state index in [1.807, 2.05) is 0 Å². The Hall–Kier alpha value is -2.07. The lowest BCUT2D eigenvalue weighted by Crippen LogP contribution is -2.84. The molecule has 1 heterocycles. The summed E-state index contributed by atoms with van der Waals surface area (Å²) in [5.74, 6) is -1.52. The maximum atomic E-state index is 13.4. The van der Waals surface area contributed by atoms with Crippen LogP contribution in [-0.4, -0.2) is 53.9 Å². The van der Waals surface area contributed by atoms with Crippen LogP contribution in [0.3, 0.4) is 0 Å². The summed E-state index contributed by atoms with van der Waals surface area (Å²) >= 11 is 5.59. The Balaban J connectivity index is 1.23. The topological polar surface area (TPSA) is 67.9 Å². The highest BCUT2D eigenvalue weighted by molar-refractivity contribution is 6.30. The number of alkyl halides is 3. The maximum Gasteiger partial charge on any atom is 0.522 e. The molecule has 11 heteroatoms. The highest BCUT2D eigenvalue weighted by Gasteiger charge is 2.72.